The van der Waals surface area contributed by atoms with Crippen LogP contribution in [0, 0.1) is 6.92 Å². The molecule has 5 nitrogen and oxygen atoms in total. The van der Waals surface area contributed by atoms with Crippen LogP contribution in [0.4, 0.5) is 0 Å². The molecule has 3 rings (SSSR count). The number of rotatable bonds is 7. The lowest BCUT2D eigenvalue weighted by Gasteiger charge is -2.08. The normalized spacial score (nSPS) is 10.8. The van der Waals surface area contributed by atoms with E-state index < -0.39 is 0 Å². The van der Waals surface area contributed by atoms with Crippen LogP contribution in [0.2, 0.25) is 0 Å². The fourth-order valence-electron chi connectivity index (χ4n) is 2.55. The van der Waals surface area contributed by atoms with Crippen molar-refractivity contribution in [3.63, 3.8) is 0 Å². The van der Waals surface area contributed by atoms with Crippen molar-refractivity contribution in [3.05, 3.63) is 65.5 Å². The molecule has 0 aliphatic rings. The van der Waals surface area contributed by atoms with Crippen LogP contribution in [0.5, 0.6) is 5.75 Å². The third-order valence-corrected chi connectivity index (χ3v) is 3.77. The van der Waals surface area contributed by atoms with E-state index in [0.29, 0.717) is 18.3 Å². The number of nitrogens with one attached hydrogen (secondary N) is 1. The minimum atomic E-state index is 0.550. The van der Waals surface area contributed by atoms with Crippen molar-refractivity contribution in [2.45, 2.75) is 19.9 Å². The fraction of sp³-hybridized carbons (Fsp3) is 0.263. The third kappa shape index (κ3) is 4.00. The van der Waals surface area contributed by atoms with E-state index in [0.717, 1.165) is 24.3 Å². The molecule has 0 aliphatic heterocycles. The number of nitrogens with zero attached hydrogens (tertiary/aromatic N) is 2. The number of hydrogen-bond donors (Lipinski definition) is 1. The van der Waals surface area contributed by atoms with Gasteiger partial charge in [0.25, 0.3) is 0 Å². The Balaban J connectivity index is 1.53. The van der Waals surface area contributed by atoms with Gasteiger partial charge in [0, 0.05) is 5.56 Å². The van der Waals surface area contributed by atoms with Crippen molar-refractivity contribution < 1.29 is 9.15 Å². The van der Waals surface area contributed by atoms with Gasteiger partial charge in [0.15, 0.2) is 0 Å². The van der Waals surface area contributed by atoms with Gasteiger partial charge in [-0.05, 0) is 43.7 Å². The van der Waals surface area contributed by atoms with Gasteiger partial charge in [0.05, 0.1) is 13.7 Å². The Morgan fingerprint density at radius 2 is 1.96 bits per heavy atom. The molecule has 0 radical (unpaired) electrons. The first-order valence-electron chi connectivity index (χ1n) is 7.98. The molecule has 0 bridgehead atoms. The quantitative estimate of drug-likeness (QED) is 0.675. The second-order valence-corrected chi connectivity index (χ2v) is 5.61. The Kier molecular flexibility index (Phi) is 5.23. The summed E-state index contributed by atoms with van der Waals surface area (Å²) < 4.78 is 11.1. The van der Waals surface area contributed by atoms with Crippen LogP contribution in [0.3, 0.4) is 0 Å². The summed E-state index contributed by atoms with van der Waals surface area (Å²) in [7, 11) is 1.69. The Morgan fingerprint density at radius 1 is 1.08 bits per heavy atom. The van der Waals surface area contributed by atoms with Gasteiger partial charge in [-0.25, -0.2) is 0 Å². The highest BCUT2D eigenvalue weighted by Crippen LogP contribution is 2.19. The van der Waals surface area contributed by atoms with Crippen molar-refractivity contribution in [2.75, 3.05) is 13.7 Å². The van der Waals surface area contributed by atoms with Crippen LogP contribution in [0.1, 0.15) is 17.0 Å². The first-order chi connectivity index (χ1) is 11.8. The first kappa shape index (κ1) is 16.2. The summed E-state index contributed by atoms with van der Waals surface area (Å²) in [4.78, 5) is 0. The molecule has 124 valence electrons. The molecule has 0 fully saturated rings. The molecular weight excluding hydrogens is 302 g/mol. The highest BCUT2D eigenvalue weighted by molar-refractivity contribution is 5.53. The van der Waals surface area contributed by atoms with E-state index in [-0.39, 0.29) is 0 Å². The molecule has 0 atom stereocenters. The predicted molar refractivity (Wildman–Crippen MR) is 92.9 cm³/mol. The van der Waals surface area contributed by atoms with E-state index in [2.05, 4.69) is 21.6 Å². The van der Waals surface area contributed by atoms with Crippen molar-refractivity contribution in [2.24, 2.45) is 0 Å². The number of hydrogen-bond acceptors (Lipinski definition) is 5. The van der Waals surface area contributed by atoms with Crippen LogP contribution in [-0.4, -0.2) is 23.9 Å². The Hall–Kier alpha value is -2.66. The summed E-state index contributed by atoms with van der Waals surface area (Å²) in [6.45, 7) is 3.40. The van der Waals surface area contributed by atoms with Crippen molar-refractivity contribution in [3.8, 4) is 17.2 Å². The molecule has 3 aromatic rings. The van der Waals surface area contributed by atoms with Crippen LogP contribution in [-0.2, 0) is 13.0 Å². The lowest BCUT2D eigenvalue weighted by molar-refractivity contribution is 0.408. The topological polar surface area (TPSA) is 60.2 Å². The standard InChI is InChI=1S/C19H21N3O2/c1-14-6-5-8-16(12-14)19-22-21-18(24-19)13-20-11-10-15-7-3-4-9-17(15)23-2/h3-9,12,20H,10-11,13H2,1-2H3. The molecule has 5 heteroatoms. The molecule has 0 saturated carbocycles. The zero-order valence-corrected chi connectivity index (χ0v) is 14.0. The molecule has 1 N–H and O–H groups in total. The number of methoxy groups -OCH3 is 1. The van der Waals surface area contributed by atoms with Gasteiger partial charge in [-0.3, -0.25) is 0 Å². The minimum absolute atomic E-state index is 0.550. The van der Waals surface area contributed by atoms with Crippen LogP contribution in [0.15, 0.2) is 52.9 Å². The zero-order valence-electron chi connectivity index (χ0n) is 14.0. The molecule has 1 aromatic heterocycles. The zero-order chi connectivity index (χ0) is 16.8. The summed E-state index contributed by atoms with van der Waals surface area (Å²) in [6, 6.07) is 16.1. The maximum Gasteiger partial charge on any atom is 0.247 e. The maximum absolute atomic E-state index is 5.71. The second-order valence-electron chi connectivity index (χ2n) is 5.61. The fourth-order valence-corrected chi connectivity index (χ4v) is 2.55. The smallest absolute Gasteiger partial charge is 0.247 e. The van der Waals surface area contributed by atoms with Crippen molar-refractivity contribution in [1.82, 2.24) is 15.5 Å². The van der Waals surface area contributed by atoms with E-state index in [1.54, 1.807) is 7.11 Å². The first-order valence-corrected chi connectivity index (χ1v) is 7.98. The summed E-state index contributed by atoms with van der Waals surface area (Å²) >= 11 is 0. The van der Waals surface area contributed by atoms with Gasteiger partial charge in [-0.1, -0.05) is 35.9 Å². The summed E-state index contributed by atoms with van der Waals surface area (Å²) in [5, 5.41) is 11.5. The van der Waals surface area contributed by atoms with E-state index in [1.165, 1.54) is 11.1 Å². The molecule has 0 spiro atoms. The molecule has 24 heavy (non-hydrogen) atoms. The van der Waals surface area contributed by atoms with Gasteiger partial charge in [-0.15, -0.1) is 10.2 Å². The van der Waals surface area contributed by atoms with E-state index >= 15 is 0 Å². The van der Waals surface area contributed by atoms with Crippen molar-refractivity contribution in [1.29, 1.82) is 0 Å². The van der Waals surface area contributed by atoms with Crippen molar-refractivity contribution >= 4 is 0 Å². The highest BCUT2D eigenvalue weighted by atomic mass is 16.5. The monoisotopic (exact) mass is 323 g/mol. The predicted octanol–water partition coefficient (Wildman–Crippen LogP) is 3.39. The maximum atomic E-state index is 5.71. The number of aryl methyl sites for hydroxylation is 1. The van der Waals surface area contributed by atoms with Gasteiger partial charge in [0.2, 0.25) is 11.8 Å². The summed E-state index contributed by atoms with van der Waals surface area (Å²) in [6.07, 6.45) is 0.878. The van der Waals surface area contributed by atoms with Gasteiger partial charge < -0.3 is 14.5 Å². The SMILES string of the molecule is COc1ccccc1CCNCc1nnc(-c2cccc(C)c2)o1. The molecule has 0 amide bonds. The molecule has 0 unspecified atom stereocenters. The minimum Gasteiger partial charge on any atom is -0.496 e. The van der Waals surface area contributed by atoms with Crippen LogP contribution in [0.25, 0.3) is 11.5 Å². The van der Waals surface area contributed by atoms with E-state index in [9.17, 15) is 0 Å². The van der Waals surface area contributed by atoms with Crippen LogP contribution < -0.4 is 10.1 Å². The van der Waals surface area contributed by atoms with Gasteiger partial charge in [0.1, 0.15) is 5.75 Å². The number of ether oxygens (including phenoxy) is 1. The summed E-state index contributed by atoms with van der Waals surface area (Å²) in [5.74, 6) is 2.06. The third-order valence-electron chi connectivity index (χ3n) is 3.77. The second kappa shape index (κ2) is 7.75. The Labute approximate surface area is 141 Å². The highest BCUT2D eigenvalue weighted by Gasteiger charge is 2.08. The number of para-hydroxylation sites is 1. The summed E-state index contributed by atoms with van der Waals surface area (Å²) in [5.41, 5.74) is 3.29. The Bertz CT molecular complexity index is 799. The number of benzene rings is 2. The molecule has 0 saturated heterocycles. The molecular formula is C19H21N3O2. The average Bonchev–Trinajstić information content (AvgIpc) is 3.08. The average molecular weight is 323 g/mol. The van der Waals surface area contributed by atoms with Crippen LogP contribution >= 0.6 is 0 Å². The Morgan fingerprint density at radius 3 is 2.79 bits per heavy atom. The van der Waals surface area contributed by atoms with Gasteiger partial charge in [-0.2, -0.15) is 0 Å². The largest absolute Gasteiger partial charge is 0.496 e. The lowest BCUT2D eigenvalue weighted by Crippen LogP contribution is -2.17. The lowest BCUT2D eigenvalue weighted by atomic mass is 10.1. The number of aromatic nitrogens is 2. The van der Waals surface area contributed by atoms with E-state index in [4.69, 9.17) is 9.15 Å². The van der Waals surface area contributed by atoms with E-state index in [1.807, 2.05) is 49.4 Å². The molecule has 1 heterocycles. The molecule has 0 aliphatic carbocycles. The molecule has 2 aromatic carbocycles. The van der Waals surface area contributed by atoms with Gasteiger partial charge >= 0.3 is 0 Å².